The molecule has 2 saturated heterocycles. The molecule has 0 spiro atoms. The van der Waals surface area contributed by atoms with E-state index in [-0.39, 0.29) is 23.8 Å². The lowest BCUT2D eigenvalue weighted by Crippen LogP contribution is -2.51. The number of hydrogen-bond acceptors (Lipinski definition) is 2. The Balaban J connectivity index is 1.38. The van der Waals surface area contributed by atoms with E-state index in [4.69, 9.17) is 0 Å². The van der Waals surface area contributed by atoms with Gasteiger partial charge in [0.2, 0.25) is 5.91 Å². The largest absolute Gasteiger partial charge is 0.304 e. The Morgan fingerprint density at radius 3 is 2.54 bits per heavy atom. The molecule has 2 atom stereocenters. The number of likely N-dealkylation sites (tertiary alicyclic amines) is 1. The first-order chi connectivity index (χ1) is 11.7. The number of hydrogen-bond donors (Lipinski definition) is 0. The molecule has 4 rings (SSSR count). The molecule has 0 unspecified atom stereocenters. The quantitative estimate of drug-likeness (QED) is 0.843. The molecule has 2 aromatic carbocycles. The predicted molar refractivity (Wildman–Crippen MR) is 92.4 cm³/mol. The van der Waals surface area contributed by atoms with Crippen molar-refractivity contribution in [2.45, 2.75) is 31.3 Å². The summed E-state index contributed by atoms with van der Waals surface area (Å²) in [5.74, 6) is -0.259. The van der Waals surface area contributed by atoms with E-state index in [1.165, 1.54) is 11.6 Å². The van der Waals surface area contributed by atoms with E-state index in [9.17, 15) is 9.18 Å². The number of fused-ring (bicyclic) bond motifs is 2. The second-order valence-corrected chi connectivity index (χ2v) is 6.65. The number of para-hydroxylation sites is 1. The van der Waals surface area contributed by atoms with Gasteiger partial charge in [-0.25, -0.2) is 4.39 Å². The van der Waals surface area contributed by atoms with Crippen molar-refractivity contribution in [2.75, 3.05) is 18.0 Å². The minimum Gasteiger partial charge on any atom is -0.304 e. The fourth-order valence-electron chi connectivity index (χ4n) is 4.00. The summed E-state index contributed by atoms with van der Waals surface area (Å²) < 4.78 is 14.0. The minimum atomic E-state index is -0.311. The van der Waals surface area contributed by atoms with Crippen LogP contribution in [0.15, 0.2) is 54.6 Å². The van der Waals surface area contributed by atoms with Gasteiger partial charge < -0.3 is 4.90 Å². The zero-order chi connectivity index (χ0) is 16.5. The molecular formula is C20H21FN2O. The fraction of sp³-hybridized carbons (Fsp3) is 0.350. The average Bonchev–Trinajstić information content (AvgIpc) is 3.14. The fourth-order valence-corrected chi connectivity index (χ4v) is 4.00. The lowest BCUT2D eigenvalue weighted by atomic mass is 10.1. The van der Waals surface area contributed by atoms with E-state index < -0.39 is 0 Å². The van der Waals surface area contributed by atoms with E-state index in [2.05, 4.69) is 29.2 Å². The first kappa shape index (κ1) is 15.3. The SMILES string of the molecule is O=C1[C@@H]2C[C@@H](CN2CCCc2ccccc2)N1c1ccccc1F. The third-order valence-corrected chi connectivity index (χ3v) is 5.13. The standard InChI is InChI=1S/C20H21FN2O/c21-17-10-4-5-11-18(17)23-16-13-19(20(23)24)22(14-16)12-6-9-15-7-2-1-3-8-15/h1-5,7-8,10-11,16,19H,6,9,12-14H2/t16-,19-/m0/s1. The van der Waals surface area contributed by atoms with E-state index in [0.29, 0.717) is 5.69 Å². The highest BCUT2D eigenvalue weighted by Gasteiger charge is 2.50. The molecule has 24 heavy (non-hydrogen) atoms. The van der Waals surface area contributed by atoms with Crippen molar-refractivity contribution in [3.63, 3.8) is 0 Å². The van der Waals surface area contributed by atoms with Crippen molar-refractivity contribution in [3.8, 4) is 0 Å². The van der Waals surface area contributed by atoms with Crippen LogP contribution in [0.1, 0.15) is 18.4 Å². The third-order valence-electron chi connectivity index (χ3n) is 5.13. The monoisotopic (exact) mass is 324 g/mol. The topological polar surface area (TPSA) is 23.6 Å². The number of piperazine rings is 1. The lowest BCUT2D eigenvalue weighted by molar-refractivity contribution is -0.122. The zero-order valence-corrected chi connectivity index (χ0v) is 13.6. The van der Waals surface area contributed by atoms with Crippen molar-refractivity contribution in [3.05, 3.63) is 66.0 Å². The maximum absolute atomic E-state index is 14.0. The second-order valence-electron chi connectivity index (χ2n) is 6.65. The number of halogens is 1. The number of rotatable bonds is 5. The van der Waals surface area contributed by atoms with Crippen LogP contribution in [0.4, 0.5) is 10.1 Å². The molecule has 4 heteroatoms. The van der Waals surface area contributed by atoms with Crippen molar-refractivity contribution < 1.29 is 9.18 Å². The summed E-state index contributed by atoms with van der Waals surface area (Å²) in [7, 11) is 0. The van der Waals surface area contributed by atoms with Gasteiger partial charge in [-0.3, -0.25) is 9.69 Å². The maximum atomic E-state index is 14.0. The summed E-state index contributed by atoms with van der Waals surface area (Å²) in [6.07, 6.45) is 2.89. The molecule has 124 valence electrons. The number of benzene rings is 2. The van der Waals surface area contributed by atoms with Gasteiger partial charge in [-0.2, -0.15) is 0 Å². The normalized spacial score (nSPS) is 23.2. The molecule has 2 aliphatic rings. The summed E-state index contributed by atoms with van der Waals surface area (Å²) in [5, 5.41) is 0. The number of nitrogens with zero attached hydrogens (tertiary/aromatic N) is 2. The summed E-state index contributed by atoms with van der Waals surface area (Å²) >= 11 is 0. The Labute approximate surface area is 141 Å². The molecule has 2 fully saturated rings. The molecule has 0 aromatic heterocycles. The first-order valence-electron chi connectivity index (χ1n) is 8.59. The lowest BCUT2D eigenvalue weighted by Gasteiger charge is -2.34. The average molecular weight is 324 g/mol. The number of carbonyl (C=O) groups is 1. The Hall–Kier alpha value is -2.20. The highest BCUT2D eigenvalue weighted by atomic mass is 19.1. The molecule has 2 heterocycles. The first-order valence-corrected chi connectivity index (χ1v) is 8.59. The van der Waals surface area contributed by atoms with E-state index >= 15 is 0 Å². The Morgan fingerprint density at radius 2 is 1.79 bits per heavy atom. The molecule has 2 aromatic rings. The van der Waals surface area contributed by atoms with E-state index in [1.807, 2.05) is 6.07 Å². The van der Waals surface area contributed by atoms with Crippen LogP contribution in [0.3, 0.4) is 0 Å². The number of aryl methyl sites for hydroxylation is 1. The summed E-state index contributed by atoms with van der Waals surface area (Å²) in [5.41, 5.74) is 1.76. The van der Waals surface area contributed by atoms with Gasteiger partial charge in [0.25, 0.3) is 0 Å². The van der Waals surface area contributed by atoms with Gasteiger partial charge in [-0.1, -0.05) is 42.5 Å². The molecular weight excluding hydrogens is 303 g/mol. The molecule has 0 aliphatic carbocycles. The van der Waals surface area contributed by atoms with Crippen LogP contribution < -0.4 is 4.90 Å². The molecule has 0 radical (unpaired) electrons. The van der Waals surface area contributed by atoms with Gasteiger partial charge in [0.15, 0.2) is 0 Å². The highest BCUT2D eigenvalue weighted by molar-refractivity contribution is 6.01. The van der Waals surface area contributed by atoms with Crippen LogP contribution in [0.2, 0.25) is 0 Å². The molecule has 1 amide bonds. The van der Waals surface area contributed by atoms with E-state index in [1.54, 1.807) is 23.1 Å². The molecule has 3 nitrogen and oxygen atoms in total. The van der Waals surface area contributed by atoms with Crippen LogP contribution >= 0.6 is 0 Å². The van der Waals surface area contributed by atoms with Crippen LogP contribution in [-0.2, 0) is 11.2 Å². The molecule has 2 bridgehead atoms. The van der Waals surface area contributed by atoms with Crippen molar-refractivity contribution in [2.24, 2.45) is 0 Å². The smallest absolute Gasteiger partial charge is 0.244 e. The van der Waals surface area contributed by atoms with Crippen LogP contribution in [0.25, 0.3) is 0 Å². The minimum absolute atomic E-state index is 0.0519. The number of anilines is 1. The molecule has 0 N–H and O–H groups in total. The van der Waals surface area contributed by atoms with Crippen molar-refractivity contribution >= 4 is 11.6 Å². The van der Waals surface area contributed by atoms with E-state index in [0.717, 1.165) is 32.4 Å². The second kappa shape index (κ2) is 6.36. The Morgan fingerprint density at radius 1 is 1.04 bits per heavy atom. The molecule has 2 aliphatic heterocycles. The Kier molecular flexibility index (Phi) is 4.07. The van der Waals surface area contributed by atoms with Crippen LogP contribution in [0.5, 0.6) is 0 Å². The van der Waals surface area contributed by atoms with Crippen LogP contribution in [-0.4, -0.2) is 36.0 Å². The van der Waals surface area contributed by atoms with Gasteiger partial charge in [-0.05, 0) is 43.5 Å². The third kappa shape index (κ3) is 2.71. The van der Waals surface area contributed by atoms with Crippen LogP contribution in [0, 0.1) is 5.82 Å². The Bertz CT molecular complexity index is 733. The summed E-state index contributed by atoms with van der Waals surface area (Å²) in [6.45, 7) is 1.77. The predicted octanol–water partition coefficient (Wildman–Crippen LogP) is 3.25. The zero-order valence-electron chi connectivity index (χ0n) is 13.6. The van der Waals surface area contributed by atoms with Gasteiger partial charge in [0.05, 0.1) is 17.8 Å². The summed E-state index contributed by atoms with van der Waals surface area (Å²) in [4.78, 5) is 16.6. The number of carbonyl (C=O) groups excluding carboxylic acids is 1. The summed E-state index contributed by atoms with van der Waals surface area (Å²) in [6, 6.07) is 17.0. The van der Waals surface area contributed by atoms with Gasteiger partial charge >= 0.3 is 0 Å². The van der Waals surface area contributed by atoms with Gasteiger partial charge in [-0.15, -0.1) is 0 Å². The van der Waals surface area contributed by atoms with Crippen molar-refractivity contribution in [1.82, 2.24) is 4.90 Å². The van der Waals surface area contributed by atoms with Crippen molar-refractivity contribution in [1.29, 1.82) is 0 Å². The molecule has 0 saturated carbocycles. The highest BCUT2D eigenvalue weighted by Crippen LogP contribution is 2.36. The maximum Gasteiger partial charge on any atom is 0.244 e. The van der Waals surface area contributed by atoms with Gasteiger partial charge in [0.1, 0.15) is 5.82 Å². The number of amides is 1. The van der Waals surface area contributed by atoms with Gasteiger partial charge in [0, 0.05) is 6.54 Å².